The molecule has 1 N–H and O–H groups in total. The fraction of sp³-hybridized carbons (Fsp3) is 0.308. The van der Waals surface area contributed by atoms with Gasteiger partial charge in [-0.25, -0.2) is 0 Å². The van der Waals surface area contributed by atoms with Crippen LogP contribution in [0, 0.1) is 0 Å². The van der Waals surface area contributed by atoms with Crippen LogP contribution in [-0.2, 0) is 0 Å². The predicted molar refractivity (Wildman–Crippen MR) is 85.7 cm³/mol. The van der Waals surface area contributed by atoms with Crippen molar-refractivity contribution in [2.24, 2.45) is 0 Å². The molecule has 1 aromatic carbocycles. The molecule has 0 aliphatic carbocycles. The minimum atomic E-state index is 0.254. The molecule has 0 saturated carbocycles. The molecule has 2 rings (SSSR count). The Balaban J connectivity index is 2.27. The zero-order valence-electron chi connectivity index (χ0n) is 11.6. The maximum atomic E-state index is 6.15. The van der Waals surface area contributed by atoms with Gasteiger partial charge in [0.25, 0.3) is 0 Å². The van der Waals surface area contributed by atoms with Crippen LogP contribution in [0.25, 0.3) is 0 Å². The minimum Gasteiger partial charge on any atom is -0.467 e. The van der Waals surface area contributed by atoms with E-state index in [-0.39, 0.29) is 6.01 Å². The fourth-order valence-corrected chi connectivity index (χ4v) is 2.72. The number of hydrogen-bond donors (Lipinski definition) is 1. The maximum absolute atomic E-state index is 6.15. The normalized spacial score (nSPS) is 10.5. The molecular weight excluding hydrogens is 331 g/mol. The lowest BCUT2D eigenvalue weighted by atomic mass is 10.4. The van der Waals surface area contributed by atoms with Crippen molar-refractivity contribution in [3.63, 3.8) is 0 Å². The number of hydrogen-bond acceptors (Lipinski definition) is 6. The second kappa shape index (κ2) is 7.68. The van der Waals surface area contributed by atoms with Gasteiger partial charge in [0.15, 0.2) is 0 Å². The molecular formula is C13H14Cl2N4OS. The molecule has 0 saturated heterocycles. The number of anilines is 1. The topological polar surface area (TPSA) is 59.9 Å². The van der Waals surface area contributed by atoms with Crippen molar-refractivity contribution in [2.45, 2.75) is 23.4 Å². The summed E-state index contributed by atoms with van der Waals surface area (Å²) in [6.45, 7) is 2.84. The highest BCUT2D eigenvalue weighted by molar-refractivity contribution is 7.99. The Morgan fingerprint density at radius 3 is 2.76 bits per heavy atom. The number of nitrogens with zero attached hydrogens (tertiary/aromatic N) is 3. The summed E-state index contributed by atoms with van der Waals surface area (Å²) < 4.78 is 5.09. The molecule has 0 aliphatic rings. The summed E-state index contributed by atoms with van der Waals surface area (Å²) in [6.07, 6.45) is 0.969. The zero-order chi connectivity index (χ0) is 15.2. The van der Waals surface area contributed by atoms with Crippen molar-refractivity contribution in [3.05, 3.63) is 28.2 Å². The van der Waals surface area contributed by atoms with Crippen molar-refractivity contribution >= 4 is 40.9 Å². The Labute approximate surface area is 137 Å². The van der Waals surface area contributed by atoms with Gasteiger partial charge in [-0.1, -0.05) is 30.1 Å². The second-order valence-corrected chi connectivity index (χ2v) is 5.88. The van der Waals surface area contributed by atoms with Gasteiger partial charge in [-0.15, -0.1) is 0 Å². The predicted octanol–water partition coefficient (Wildman–Crippen LogP) is 4.16. The van der Waals surface area contributed by atoms with Crippen LogP contribution in [0.1, 0.15) is 13.3 Å². The molecule has 112 valence electrons. The van der Waals surface area contributed by atoms with E-state index in [1.165, 1.54) is 18.9 Å². The van der Waals surface area contributed by atoms with Gasteiger partial charge in [-0.3, -0.25) is 0 Å². The van der Waals surface area contributed by atoms with E-state index in [4.69, 9.17) is 27.9 Å². The molecule has 0 radical (unpaired) electrons. The van der Waals surface area contributed by atoms with Gasteiger partial charge >= 0.3 is 6.01 Å². The van der Waals surface area contributed by atoms with Crippen LogP contribution >= 0.6 is 35.0 Å². The van der Waals surface area contributed by atoms with Crippen LogP contribution < -0.4 is 10.1 Å². The Kier molecular flexibility index (Phi) is 5.90. The first kappa shape index (κ1) is 16.1. The second-order valence-electron chi connectivity index (χ2n) is 4.03. The summed E-state index contributed by atoms with van der Waals surface area (Å²) in [5.41, 5.74) is 0. The molecule has 0 atom stereocenters. The van der Waals surface area contributed by atoms with Crippen LogP contribution in [-0.4, -0.2) is 28.6 Å². The van der Waals surface area contributed by atoms with Gasteiger partial charge in [0.2, 0.25) is 11.1 Å². The Bertz CT molecular complexity index is 627. The van der Waals surface area contributed by atoms with Crippen LogP contribution in [0.15, 0.2) is 28.3 Å². The summed E-state index contributed by atoms with van der Waals surface area (Å²) in [6, 6.07) is 5.49. The first-order chi connectivity index (χ1) is 10.1. The zero-order valence-corrected chi connectivity index (χ0v) is 13.9. The standard InChI is InChI=1S/C13H14Cl2N4OS/c1-3-6-16-11-17-12(20-2)19-13(18-11)21-10-7-8(14)4-5-9(10)15/h4-5,7H,3,6H2,1-2H3,(H,16,17,18,19). The molecule has 0 fully saturated rings. The summed E-state index contributed by atoms with van der Waals surface area (Å²) in [7, 11) is 1.51. The summed E-state index contributed by atoms with van der Waals surface area (Å²) in [4.78, 5) is 13.5. The highest BCUT2D eigenvalue weighted by Crippen LogP contribution is 2.34. The van der Waals surface area contributed by atoms with E-state index in [9.17, 15) is 0 Å². The number of aromatic nitrogens is 3. The van der Waals surface area contributed by atoms with Crippen molar-refractivity contribution < 1.29 is 4.74 Å². The third-order valence-corrected chi connectivity index (χ3v) is 4.00. The average molecular weight is 345 g/mol. The maximum Gasteiger partial charge on any atom is 0.321 e. The molecule has 21 heavy (non-hydrogen) atoms. The lowest BCUT2D eigenvalue weighted by Crippen LogP contribution is -2.07. The van der Waals surface area contributed by atoms with Crippen molar-refractivity contribution in [2.75, 3.05) is 19.0 Å². The monoisotopic (exact) mass is 344 g/mol. The summed E-state index contributed by atoms with van der Waals surface area (Å²) in [5.74, 6) is 0.476. The van der Waals surface area contributed by atoms with Gasteiger partial charge in [-0.05, 0) is 36.4 Å². The molecule has 0 spiro atoms. The van der Waals surface area contributed by atoms with E-state index in [0.717, 1.165) is 17.9 Å². The third kappa shape index (κ3) is 4.62. The number of nitrogens with one attached hydrogen (secondary N) is 1. The van der Waals surface area contributed by atoms with Crippen LogP contribution in [0.3, 0.4) is 0 Å². The third-order valence-electron chi connectivity index (χ3n) is 2.40. The van der Waals surface area contributed by atoms with E-state index in [1.54, 1.807) is 18.2 Å². The Morgan fingerprint density at radius 1 is 1.24 bits per heavy atom. The fourth-order valence-electron chi connectivity index (χ4n) is 1.44. The molecule has 8 heteroatoms. The number of rotatable bonds is 6. The van der Waals surface area contributed by atoms with Crippen LogP contribution in [0.4, 0.5) is 5.95 Å². The van der Waals surface area contributed by atoms with Crippen molar-refractivity contribution in [3.8, 4) is 6.01 Å². The Morgan fingerprint density at radius 2 is 2.05 bits per heavy atom. The number of ether oxygens (including phenoxy) is 1. The quantitative estimate of drug-likeness (QED) is 0.848. The molecule has 5 nitrogen and oxygen atoms in total. The largest absolute Gasteiger partial charge is 0.467 e. The summed E-state index contributed by atoms with van der Waals surface area (Å²) in [5, 5.41) is 4.79. The number of benzene rings is 1. The molecule has 2 aromatic rings. The van der Waals surface area contributed by atoms with Gasteiger partial charge in [-0.2, -0.15) is 15.0 Å². The molecule has 0 aliphatic heterocycles. The molecule has 1 heterocycles. The van der Waals surface area contributed by atoms with E-state index < -0.39 is 0 Å². The molecule has 0 bridgehead atoms. The summed E-state index contributed by atoms with van der Waals surface area (Å²) >= 11 is 13.4. The highest BCUT2D eigenvalue weighted by Gasteiger charge is 2.10. The van der Waals surface area contributed by atoms with Crippen LogP contribution in [0.2, 0.25) is 10.0 Å². The lowest BCUT2D eigenvalue weighted by molar-refractivity contribution is 0.373. The number of halogens is 2. The molecule has 0 amide bonds. The average Bonchev–Trinajstić information content (AvgIpc) is 2.48. The van der Waals surface area contributed by atoms with Gasteiger partial charge in [0, 0.05) is 16.5 Å². The Hall–Kier alpha value is -1.24. The van der Waals surface area contributed by atoms with Gasteiger partial charge < -0.3 is 10.1 Å². The van der Waals surface area contributed by atoms with Crippen LogP contribution in [0.5, 0.6) is 6.01 Å². The van der Waals surface area contributed by atoms with E-state index in [1.807, 2.05) is 0 Å². The SMILES string of the molecule is CCCNc1nc(OC)nc(Sc2cc(Cl)ccc2Cl)n1. The first-order valence-corrected chi connectivity index (χ1v) is 7.86. The van der Waals surface area contributed by atoms with Crippen molar-refractivity contribution in [1.29, 1.82) is 0 Å². The van der Waals surface area contributed by atoms with E-state index in [0.29, 0.717) is 21.2 Å². The van der Waals surface area contributed by atoms with Gasteiger partial charge in [0.1, 0.15) is 0 Å². The highest BCUT2D eigenvalue weighted by atomic mass is 35.5. The van der Waals surface area contributed by atoms with Crippen molar-refractivity contribution in [1.82, 2.24) is 15.0 Å². The van der Waals surface area contributed by atoms with Gasteiger partial charge in [0.05, 0.1) is 12.1 Å². The molecule has 0 unspecified atom stereocenters. The minimum absolute atomic E-state index is 0.254. The molecule has 1 aromatic heterocycles. The van der Waals surface area contributed by atoms with E-state index in [2.05, 4.69) is 27.2 Å². The number of methoxy groups -OCH3 is 1. The van der Waals surface area contributed by atoms with E-state index >= 15 is 0 Å². The first-order valence-electron chi connectivity index (χ1n) is 6.29. The lowest BCUT2D eigenvalue weighted by Gasteiger charge is -2.08. The smallest absolute Gasteiger partial charge is 0.321 e.